The second-order valence-corrected chi connectivity index (χ2v) is 5.65. The quantitative estimate of drug-likeness (QED) is 0.842. The maximum Gasteiger partial charge on any atom is 0.337 e. The van der Waals surface area contributed by atoms with E-state index in [2.05, 4.69) is 9.55 Å². The first-order valence-electron chi connectivity index (χ1n) is 7.39. The van der Waals surface area contributed by atoms with Gasteiger partial charge in [-0.25, -0.2) is 9.78 Å². The molecule has 20 heavy (non-hydrogen) atoms. The van der Waals surface area contributed by atoms with E-state index < -0.39 is 5.97 Å². The summed E-state index contributed by atoms with van der Waals surface area (Å²) < 4.78 is 2.26. The Labute approximate surface area is 118 Å². The number of benzene rings is 1. The van der Waals surface area contributed by atoms with Crippen molar-refractivity contribution in [1.82, 2.24) is 9.55 Å². The highest BCUT2D eigenvalue weighted by Crippen LogP contribution is 2.32. The summed E-state index contributed by atoms with van der Waals surface area (Å²) in [5, 5.41) is 9.29. The number of hydrogen-bond donors (Lipinski definition) is 1. The number of carbonyl (C=O) groups is 1. The molecule has 1 fully saturated rings. The highest BCUT2D eigenvalue weighted by molar-refractivity contribution is 6.01. The van der Waals surface area contributed by atoms with Crippen LogP contribution >= 0.6 is 0 Å². The van der Waals surface area contributed by atoms with Crippen molar-refractivity contribution in [2.24, 2.45) is 0 Å². The molecule has 0 unspecified atom stereocenters. The third-order valence-corrected chi connectivity index (χ3v) is 4.32. The van der Waals surface area contributed by atoms with E-state index in [9.17, 15) is 9.90 Å². The number of aryl methyl sites for hydroxylation is 1. The zero-order valence-electron chi connectivity index (χ0n) is 11.8. The van der Waals surface area contributed by atoms with Crippen molar-refractivity contribution in [3.8, 4) is 0 Å². The average Bonchev–Trinajstić information content (AvgIpc) is 2.62. The van der Waals surface area contributed by atoms with Gasteiger partial charge in [0, 0.05) is 6.04 Å². The molecule has 1 heterocycles. The van der Waals surface area contributed by atoms with E-state index in [0.717, 1.165) is 11.3 Å². The zero-order chi connectivity index (χ0) is 14.1. The summed E-state index contributed by atoms with van der Waals surface area (Å²) in [6.07, 6.45) is 7.46. The van der Waals surface area contributed by atoms with Gasteiger partial charge in [-0.2, -0.15) is 0 Å². The molecular formula is C16H20N2O2. The van der Waals surface area contributed by atoms with Crippen LogP contribution in [-0.4, -0.2) is 20.6 Å². The van der Waals surface area contributed by atoms with Crippen molar-refractivity contribution in [3.63, 3.8) is 0 Å². The zero-order valence-corrected chi connectivity index (χ0v) is 11.8. The Morgan fingerprint density at radius 1 is 1.25 bits per heavy atom. The minimum atomic E-state index is -0.902. The van der Waals surface area contributed by atoms with Crippen LogP contribution in [0.4, 0.5) is 0 Å². The lowest BCUT2D eigenvalue weighted by atomic mass is 10.1. The predicted octanol–water partition coefficient (Wildman–Crippen LogP) is 3.94. The smallest absolute Gasteiger partial charge is 0.337 e. The second kappa shape index (κ2) is 5.27. The highest BCUT2D eigenvalue weighted by Gasteiger charge is 2.21. The van der Waals surface area contributed by atoms with Gasteiger partial charge in [0.05, 0.1) is 11.1 Å². The maximum atomic E-state index is 11.3. The molecule has 1 aromatic carbocycles. The lowest BCUT2D eigenvalue weighted by Gasteiger charge is -2.19. The number of aromatic nitrogens is 2. The summed E-state index contributed by atoms with van der Waals surface area (Å²) in [6, 6.07) is 5.91. The second-order valence-electron chi connectivity index (χ2n) is 5.65. The van der Waals surface area contributed by atoms with Crippen LogP contribution in [0.5, 0.6) is 0 Å². The van der Waals surface area contributed by atoms with Crippen LogP contribution in [0.3, 0.4) is 0 Å². The summed E-state index contributed by atoms with van der Waals surface area (Å²) in [4.78, 5) is 15.8. The molecule has 0 atom stereocenters. The van der Waals surface area contributed by atoms with E-state index in [1.165, 1.54) is 38.5 Å². The van der Waals surface area contributed by atoms with Gasteiger partial charge < -0.3 is 9.67 Å². The van der Waals surface area contributed by atoms with Crippen molar-refractivity contribution in [1.29, 1.82) is 0 Å². The van der Waals surface area contributed by atoms with E-state index in [0.29, 0.717) is 17.1 Å². The molecule has 0 aliphatic heterocycles. The minimum Gasteiger partial charge on any atom is -0.478 e. The van der Waals surface area contributed by atoms with Gasteiger partial charge in [0.25, 0.3) is 0 Å². The van der Waals surface area contributed by atoms with Crippen molar-refractivity contribution < 1.29 is 9.90 Å². The SMILES string of the molecule is Cc1nc2c(C(=O)O)cccc2n1C1CCCCCC1. The number of carboxylic acid groups (broad SMARTS) is 1. The molecule has 106 valence electrons. The van der Waals surface area contributed by atoms with Gasteiger partial charge in [0.2, 0.25) is 0 Å². The third-order valence-electron chi connectivity index (χ3n) is 4.32. The number of aromatic carboxylic acids is 1. The standard InChI is InChI=1S/C16H20N2O2/c1-11-17-15-13(16(19)20)9-6-10-14(15)18(11)12-7-4-2-3-5-8-12/h6,9-10,12H,2-5,7-8H2,1H3,(H,19,20). The maximum absolute atomic E-state index is 11.3. The number of para-hydroxylation sites is 1. The van der Waals surface area contributed by atoms with Gasteiger partial charge in [-0.05, 0) is 31.9 Å². The molecule has 4 heteroatoms. The minimum absolute atomic E-state index is 0.304. The molecule has 3 rings (SSSR count). The fourth-order valence-corrected chi connectivity index (χ4v) is 3.38. The number of nitrogens with zero attached hydrogens (tertiary/aromatic N) is 2. The van der Waals surface area contributed by atoms with Gasteiger partial charge in [0.15, 0.2) is 0 Å². The van der Waals surface area contributed by atoms with E-state index in [-0.39, 0.29) is 0 Å². The van der Waals surface area contributed by atoms with Gasteiger partial charge in [0.1, 0.15) is 11.3 Å². The molecule has 1 aliphatic rings. The van der Waals surface area contributed by atoms with Crippen molar-refractivity contribution in [2.45, 2.75) is 51.5 Å². The lowest BCUT2D eigenvalue weighted by Crippen LogP contribution is -2.09. The van der Waals surface area contributed by atoms with Gasteiger partial charge in [-0.15, -0.1) is 0 Å². The monoisotopic (exact) mass is 272 g/mol. The first-order valence-corrected chi connectivity index (χ1v) is 7.39. The predicted molar refractivity (Wildman–Crippen MR) is 78.2 cm³/mol. The molecule has 1 N–H and O–H groups in total. The van der Waals surface area contributed by atoms with E-state index >= 15 is 0 Å². The van der Waals surface area contributed by atoms with Crippen molar-refractivity contribution in [3.05, 3.63) is 29.6 Å². The molecular weight excluding hydrogens is 252 g/mol. The fourth-order valence-electron chi connectivity index (χ4n) is 3.38. The molecule has 1 aliphatic carbocycles. The molecule has 2 aromatic rings. The average molecular weight is 272 g/mol. The molecule has 4 nitrogen and oxygen atoms in total. The van der Waals surface area contributed by atoms with Gasteiger partial charge >= 0.3 is 5.97 Å². The number of rotatable bonds is 2. The number of carboxylic acids is 1. The first kappa shape index (κ1) is 13.2. The molecule has 0 radical (unpaired) electrons. The fraction of sp³-hybridized carbons (Fsp3) is 0.500. The Hall–Kier alpha value is -1.84. The largest absolute Gasteiger partial charge is 0.478 e. The highest BCUT2D eigenvalue weighted by atomic mass is 16.4. The summed E-state index contributed by atoms with van der Waals surface area (Å²) in [5.41, 5.74) is 1.90. The Morgan fingerprint density at radius 2 is 1.95 bits per heavy atom. The van der Waals surface area contributed by atoms with E-state index in [4.69, 9.17) is 0 Å². The Kier molecular flexibility index (Phi) is 3.47. The van der Waals surface area contributed by atoms with Crippen molar-refractivity contribution >= 4 is 17.0 Å². The van der Waals surface area contributed by atoms with Crippen molar-refractivity contribution in [2.75, 3.05) is 0 Å². The third kappa shape index (κ3) is 2.19. The van der Waals surface area contributed by atoms with Crippen LogP contribution < -0.4 is 0 Å². The number of hydrogen-bond acceptors (Lipinski definition) is 2. The van der Waals surface area contributed by atoms with Gasteiger partial charge in [-0.3, -0.25) is 0 Å². The molecule has 0 saturated heterocycles. The topological polar surface area (TPSA) is 55.1 Å². The van der Waals surface area contributed by atoms with Crippen LogP contribution in [-0.2, 0) is 0 Å². The van der Waals surface area contributed by atoms with Crippen LogP contribution in [0.25, 0.3) is 11.0 Å². The molecule has 0 bridgehead atoms. The van der Waals surface area contributed by atoms with E-state index in [1.54, 1.807) is 6.07 Å². The summed E-state index contributed by atoms with van der Waals surface area (Å²) >= 11 is 0. The normalized spacial score (nSPS) is 17.2. The first-order chi connectivity index (χ1) is 9.68. The lowest BCUT2D eigenvalue weighted by molar-refractivity contribution is 0.0699. The van der Waals surface area contributed by atoms with E-state index in [1.807, 2.05) is 19.1 Å². The Balaban J connectivity index is 2.13. The summed E-state index contributed by atoms with van der Waals surface area (Å²) in [6.45, 7) is 1.98. The molecule has 0 spiro atoms. The van der Waals surface area contributed by atoms with Crippen LogP contribution in [0.2, 0.25) is 0 Å². The Morgan fingerprint density at radius 3 is 2.60 bits per heavy atom. The summed E-state index contributed by atoms with van der Waals surface area (Å²) in [7, 11) is 0. The molecule has 0 amide bonds. The van der Waals surface area contributed by atoms with Gasteiger partial charge in [-0.1, -0.05) is 31.7 Å². The number of fused-ring (bicyclic) bond motifs is 1. The molecule has 1 saturated carbocycles. The number of imidazole rings is 1. The van der Waals surface area contributed by atoms with Crippen LogP contribution in [0.1, 0.15) is 60.7 Å². The van der Waals surface area contributed by atoms with Crippen LogP contribution in [0, 0.1) is 6.92 Å². The molecule has 1 aromatic heterocycles. The Bertz CT molecular complexity index is 637. The van der Waals surface area contributed by atoms with Crippen LogP contribution in [0.15, 0.2) is 18.2 Å². The summed E-state index contributed by atoms with van der Waals surface area (Å²) in [5.74, 6) is 0.0294.